The van der Waals surface area contributed by atoms with Gasteiger partial charge in [0.2, 0.25) is 35.4 Å². The van der Waals surface area contributed by atoms with Gasteiger partial charge in [0.05, 0.1) is 77.9 Å². The number of nitrogens with one attached hydrogen (secondary N) is 4. The minimum atomic E-state index is -1.01. The first-order valence-electron chi connectivity index (χ1n) is 22.5. The van der Waals surface area contributed by atoms with Gasteiger partial charge in [-0.25, -0.2) is 4.79 Å². The highest BCUT2D eigenvalue weighted by molar-refractivity contribution is 8.00. The number of likely N-dealkylation sites (tertiary alicyclic amines) is 1. The second-order valence-corrected chi connectivity index (χ2v) is 17.2. The van der Waals surface area contributed by atoms with Gasteiger partial charge in [-0.2, -0.15) is 0 Å². The maximum atomic E-state index is 13.3. The topological polar surface area (TPSA) is 246 Å². The van der Waals surface area contributed by atoms with Gasteiger partial charge in [0.1, 0.15) is 18.7 Å². The Morgan fingerprint density at radius 3 is 1.95 bits per heavy atom. The Kier molecular flexibility index (Phi) is 25.3. The minimum Gasteiger partial charge on any atom is -0.480 e. The third kappa shape index (κ3) is 20.8. The summed E-state index contributed by atoms with van der Waals surface area (Å²) >= 11 is 1.49. The molecule has 0 aromatic heterocycles. The van der Waals surface area contributed by atoms with Crippen molar-refractivity contribution in [3.8, 4) is 0 Å². The summed E-state index contributed by atoms with van der Waals surface area (Å²) < 4.78 is 32.0. The Hall–Kier alpha value is -4.18. The third-order valence-corrected chi connectivity index (χ3v) is 12.2. The van der Waals surface area contributed by atoms with Crippen molar-refractivity contribution in [2.75, 3.05) is 103 Å². The Bertz CT molecular complexity index is 1600. The van der Waals surface area contributed by atoms with E-state index >= 15 is 0 Å². The van der Waals surface area contributed by atoms with E-state index in [-0.39, 0.29) is 73.3 Å². The fourth-order valence-electron chi connectivity index (χ4n) is 7.45. The molecule has 0 radical (unpaired) electrons. The zero-order chi connectivity index (χ0) is 45.8. The van der Waals surface area contributed by atoms with Crippen molar-refractivity contribution in [3.05, 3.63) is 30.3 Å². The number of carbonyl (C=O) groups is 7. The summed E-state index contributed by atoms with van der Waals surface area (Å²) in [5, 5.41) is 19.3. The molecular formula is C44H67N5O14S. The van der Waals surface area contributed by atoms with E-state index in [1.54, 1.807) is 12.1 Å². The quantitative estimate of drug-likeness (QED) is 0.0490. The molecule has 1 aliphatic carbocycles. The van der Waals surface area contributed by atoms with Gasteiger partial charge < -0.3 is 54.8 Å². The number of amides is 6. The summed E-state index contributed by atoms with van der Waals surface area (Å²) in [6, 6.07) is 7.58. The molecule has 3 atom stereocenters. The van der Waals surface area contributed by atoms with Gasteiger partial charge in [-0.05, 0) is 68.7 Å². The van der Waals surface area contributed by atoms with Gasteiger partial charge in [-0.15, -0.1) is 11.8 Å². The molecule has 3 aliphatic rings. The predicted molar refractivity (Wildman–Crippen MR) is 235 cm³/mol. The summed E-state index contributed by atoms with van der Waals surface area (Å²) in [7, 11) is 0. The molecule has 2 heterocycles. The van der Waals surface area contributed by atoms with E-state index < -0.39 is 23.3 Å². The van der Waals surface area contributed by atoms with Crippen LogP contribution >= 0.6 is 11.8 Å². The van der Waals surface area contributed by atoms with Gasteiger partial charge in [0.25, 0.3) is 0 Å². The number of imide groups is 1. The first-order valence-corrected chi connectivity index (χ1v) is 23.5. The molecule has 20 heteroatoms. The van der Waals surface area contributed by atoms with E-state index in [1.165, 1.54) is 16.7 Å². The molecule has 5 N–H and O–H groups in total. The molecule has 1 saturated carbocycles. The molecule has 2 aliphatic heterocycles. The van der Waals surface area contributed by atoms with Gasteiger partial charge >= 0.3 is 5.97 Å². The zero-order valence-electron chi connectivity index (χ0n) is 36.8. The van der Waals surface area contributed by atoms with Crippen molar-refractivity contribution in [1.29, 1.82) is 0 Å². The lowest BCUT2D eigenvalue weighted by Crippen LogP contribution is -2.50. The fraction of sp³-hybridized carbons (Fsp3) is 0.705. The average Bonchev–Trinajstić information content (AvgIpc) is 3.84. The Labute approximate surface area is 379 Å². The Balaban J connectivity index is 0.974. The van der Waals surface area contributed by atoms with Gasteiger partial charge in [0.15, 0.2) is 0 Å². The van der Waals surface area contributed by atoms with Crippen molar-refractivity contribution < 1.29 is 67.1 Å². The van der Waals surface area contributed by atoms with Crippen LogP contribution in [0.15, 0.2) is 30.3 Å². The first kappa shape index (κ1) is 52.4. The van der Waals surface area contributed by atoms with Gasteiger partial charge in [0, 0.05) is 37.5 Å². The molecule has 1 aromatic rings. The van der Waals surface area contributed by atoms with E-state index in [1.807, 2.05) is 18.2 Å². The van der Waals surface area contributed by atoms with Gasteiger partial charge in [-0.3, -0.25) is 33.7 Å². The Morgan fingerprint density at radius 2 is 1.36 bits per heavy atom. The number of para-hydroxylation sites is 1. The highest BCUT2D eigenvalue weighted by Crippen LogP contribution is 2.33. The van der Waals surface area contributed by atoms with Crippen LogP contribution in [0.1, 0.15) is 70.6 Å². The number of carbonyl (C=O) groups excluding carboxylic acids is 6. The maximum Gasteiger partial charge on any atom is 0.329 e. The fourth-order valence-corrected chi connectivity index (χ4v) is 8.63. The zero-order valence-corrected chi connectivity index (χ0v) is 37.6. The summed E-state index contributed by atoms with van der Waals surface area (Å²) in [4.78, 5) is 88.3. The molecule has 6 amide bonds. The van der Waals surface area contributed by atoms with Crippen LogP contribution in [0, 0.1) is 11.8 Å². The number of rotatable bonds is 34. The first-order chi connectivity index (χ1) is 31.1. The van der Waals surface area contributed by atoms with Crippen molar-refractivity contribution in [3.63, 3.8) is 0 Å². The number of thioether (sulfide) groups is 1. The SMILES string of the molecule is O=C(O)COCCOCCOCCOCCOCCOCCNC(=O)C1CCC(CN2C(=O)CC(SCCCCC[C@H](NC(=O)C3CCC(=O)N3)C(=O)Nc3ccccc3)C2=O)CC1. The number of aliphatic carboxylic acids is 1. The number of hydrogen-bond acceptors (Lipinski definition) is 14. The molecule has 358 valence electrons. The lowest BCUT2D eigenvalue weighted by Gasteiger charge is -2.30. The number of nitrogens with zero attached hydrogens (tertiary/aromatic N) is 1. The molecule has 1 aromatic carbocycles. The van der Waals surface area contributed by atoms with Crippen molar-refractivity contribution >= 4 is 58.9 Å². The van der Waals surface area contributed by atoms with E-state index in [4.69, 9.17) is 33.5 Å². The van der Waals surface area contributed by atoms with E-state index in [2.05, 4.69) is 21.3 Å². The summed E-state index contributed by atoms with van der Waals surface area (Å²) in [6.45, 7) is 4.58. The minimum absolute atomic E-state index is 0.00545. The molecule has 2 saturated heterocycles. The number of carboxylic acids is 1. The predicted octanol–water partition coefficient (Wildman–Crippen LogP) is 1.92. The van der Waals surface area contributed by atoms with Crippen LogP contribution in [0.25, 0.3) is 0 Å². The van der Waals surface area contributed by atoms with Crippen LogP contribution in [0.5, 0.6) is 0 Å². The number of hydrogen-bond donors (Lipinski definition) is 5. The van der Waals surface area contributed by atoms with E-state index in [9.17, 15) is 33.6 Å². The average molecular weight is 922 g/mol. The monoisotopic (exact) mass is 921 g/mol. The molecule has 2 unspecified atom stereocenters. The number of benzene rings is 1. The molecule has 0 spiro atoms. The molecule has 4 rings (SSSR count). The normalized spacial score (nSPS) is 20.2. The van der Waals surface area contributed by atoms with Crippen LogP contribution in [0.4, 0.5) is 5.69 Å². The number of anilines is 1. The smallest absolute Gasteiger partial charge is 0.329 e. The van der Waals surface area contributed by atoms with Crippen molar-refractivity contribution in [2.45, 2.75) is 88.0 Å². The summed E-state index contributed by atoms with van der Waals surface area (Å²) in [5.74, 6) is -1.46. The molecule has 19 nitrogen and oxygen atoms in total. The van der Waals surface area contributed by atoms with Crippen molar-refractivity contribution in [1.82, 2.24) is 20.9 Å². The summed E-state index contributed by atoms with van der Waals surface area (Å²) in [5.41, 5.74) is 0.623. The number of unbranched alkanes of at least 4 members (excludes halogenated alkanes) is 2. The third-order valence-electron chi connectivity index (χ3n) is 10.9. The highest BCUT2D eigenvalue weighted by Gasteiger charge is 2.40. The standard InChI is InChI=1S/C44H67N5O14S/c50-38-15-14-36(47-38)43(56)48-35(42(55)46-34-7-3-1-4-8-34)9-5-2-6-28-64-37-29-39(51)49(44(37)57)30-32-10-12-33(13-11-32)41(54)45-16-17-58-18-19-59-20-21-60-22-23-61-24-25-62-26-27-63-31-40(52)53/h1,3-4,7-8,32-33,35-37H,2,5-6,9-31H2,(H,45,54)(H,46,55)(H,47,50)(H,48,56)(H,52,53)/t32?,33?,35-,36?,37?/m0/s1. The summed E-state index contributed by atoms with van der Waals surface area (Å²) in [6.07, 6.45) is 6.40. The highest BCUT2D eigenvalue weighted by atomic mass is 32.2. The van der Waals surface area contributed by atoms with Crippen LogP contribution in [0.3, 0.4) is 0 Å². The molecule has 64 heavy (non-hydrogen) atoms. The molecule has 0 bridgehead atoms. The largest absolute Gasteiger partial charge is 0.480 e. The molecular weight excluding hydrogens is 855 g/mol. The van der Waals surface area contributed by atoms with Gasteiger partial charge in [-0.1, -0.05) is 31.0 Å². The van der Waals surface area contributed by atoms with E-state index in [0.29, 0.717) is 123 Å². The van der Waals surface area contributed by atoms with Crippen LogP contribution < -0.4 is 21.3 Å². The van der Waals surface area contributed by atoms with Crippen LogP contribution in [0.2, 0.25) is 0 Å². The Morgan fingerprint density at radius 1 is 0.750 bits per heavy atom. The number of carboxylic acid groups (broad SMARTS) is 1. The lowest BCUT2D eigenvalue weighted by atomic mass is 9.81. The molecule has 3 fully saturated rings. The second kappa shape index (κ2) is 30.9. The number of ether oxygens (including phenoxy) is 6. The second-order valence-electron chi connectivity index (χ2n) is 15.8. The maximum absolute atomic E-state index is 13.3. The van der Waals surface area contributed by atoms with Crippen molar-refractivity contribution in [2.24, 2.45) is 11.8 Å². The van der Waals surface area contributed by atoms with Crippen LogP contribution in [-0.4, -0.2) is 167 Å². The van der Waals surface area contributed by atoms with Crippen LogP contribution in [-0.2, 0) is 62.0 Å². The van der Waals surface area contributed by atoms with E-state index in [0.717, 1.165) is 25.7 Å². The lowest BCUT2D eigenvalue weighted by molar-refractivity contribution is -0.143.